The molecule has 2 N–H and O–H groups in total. The van der Waals surface area contributed by atoms with Crippen molar-refractivity contribution in [3.63, 3.8) is 0 Å². The summed E-state index contributed by atoms with van der Waals surface area (Å²) in [7, 11) is 0. The van der Waals surface area contributed by atoms with E-state index < -0.39 is 0 Å². The Morgan fingerprint density at radius 2 is 1.76 bits per heavy atom. The normalized spacial score (nSPS) is 18.3. The lowest BCUT2D eigenvalue weighted by atomic mass is 9.99. The highest BCUT2D eigenvalue weighted by molar-refractivity contribution is 5.31. The first-order chi connectivity index (χ1) is 8.16. The molecule has 1 saturated carbocycles. The van der Waals surface area contributed by atoms with Crippen LogP contribution < -0.4 is 5.73 Å². The summed E-state index contributed by atoms with van der Waals surface area (Å²) in [5.41, 5.74) is 6.97. The van der Waals surface area contributed by atoms with Crippen molar-refractivity contribution in [3.8, 4) is 0 Å². The van der Waals surface area contributed by atoms with Crippen molar-refractivity contribution >= 4 is 5.82 Å². The van der Waals surface area contributed by atoms with Gasteiger partial charge in [-0.1, -0.05) is 39.5 Å². The molecule has 0 bridgehead atoms. The Hall–Kier alpha value is -1.12. The first-order valence-electron chi connectivity index (χ1n) is 6.81. The van der Waals surface area contributed by atoms with Crippen LogP contribution in [0.5, 0.6) is 0 Å². The minimum Gasteiger partial charge on any atom is -0.384 e. The molecule has 1 aliphatic rings. The van der Waals surface area contributed by atoms with Gasteiger partial charge in [-0.2, -0.15) is 0 Å². The van der Waals surface area contributed by atoms with Crippen molar-refractivity contribution in [3.05, 3.63) is 17.6 Å². The number of nitrogens with two attached hydrogens (primary N) is 1. The Labute approximate surface area is 104 Å². The molecule has 0 aliphatic heterocycles. The van der Waals surface area contributed by atoms with Crippen LogP contribution in [0.2, 0.25) is 0 Å². The van der Waals surface area contributed by atoms with Gasteiger partial charge < -0.3 is 5.73 Å². The molecule has 17 heavy (non-hydrogen) atoms. The molecular formula is C14H23N3. The molecule has 3 heteroatoms. The second-order valence-corrected chi connectivity index (χ2v) is 5.42. The van der Waals surface area contributed by atoms with E-state index in [2.05, 4.69) is 18.8 Å². The van der Waals surface area contributed by atoms with E-state index in [9.17, 15) is 0 Å². The number of nitrogen functional groups attached to an aromatic ring is 1. The number of aromatic nitrogens is 2. The van der Waals surface area contributed by atoms with E-state index >= 15 is 0 Å². The number of nitrogens with zero attached hydrogens (tertiary/aromatic N) is 2. The molecule has 0 saturated heterocycles. The van der Waals surface area contributed by atoms with Crippen molar-refractivity contribution in [1.82, 2.24) is 9.97 Å². The average molecular weight is 233 g/mol. The zero-order chi connectivity index (χ0) is 12.3. The Bertz CT molecular complexity index is 366. The number of hydrogen-bond acceptors (Lipinski definition) is 3. The van der Waals surface area contributed by atoms with Crippen LogP contribution in [0.3, 0.4) is 0 Å². The van der Waals surface area contributed by atoms with Crippen LogP contribution in [0.15, 0.2) is 6.07 Å². The highest BCUT2D eigenvalue weighted by atomic mass is 15.0. The highest BCUT2D eigenvalue weighted by Gasteiger charge is 2.18. The van der Waals surface area contributed by atoms with Gasteiger partial charge in [0.1, 0.15) is 11.6 Å². The predicted molar refractivity (Wildman–Crippen MR) is 71.0 cm³/mol. The second-order valence-electron chi connectivity index (χ2n) is 5.42. The van der Waals surface area contributed by atoms with Gasteiger partial charge in [-0.3, -0.25) is 0 Å². The molecule has 1 aliphatic carbocycles. The molecule has 0 atom stereocenters. The van der Waals surface area contributed by atoms with E-state index in [1.807, 2.05) is 6.07 Å². The summed E-state index contributed by atoms with van der Waals surface area (Å²) in [6, 6.07) is 1.91. The second kappa shape index (κ2) is 5.48. The monoisotopic (exact) mass is 233 g/mol. The van der Waals surface area contributed by atoms with Crippen LogP contribution >= 0.6 is 0 Å². The standard InChI is InChI=1S/C14H23N3/c1-10(2)12-9-13(15)17-14(16-12)11-7-5-3-4-6-8-11/h9-11H,3-8H2,1-2H3,(H2,15,16,17). The van der Waals surface area contributed by atoms with Crippen LogP contribution in [0.1, 0.15) is 75.7 Å². The minimum atomic E-state index is 0.421. The maximum absolute atomic E-state index is 5.89. The van der Waals surface area contributed by atoms with Gasteiger partial charge in [-0.05, 0) is 18.8 Å². The molecular weight excluding hydrogens is 210 g/mol. The van der Waals surface area contributed by atoms with E-state index in [4.69, 9.17) is 10.7 Å². The summed E-state index contributed by atoms with van der Waals surface area (Å²) >= 11 is 0. The molecule has 94 valence electrons. The lowest BCUT2D eigenvalue weighted by Crippen LogP contribution is -2.09. The van der Waals surface area contributed by atoms with Gasteiger partial charge in [0.05, 0.1) is 0 Å². The molecule has 1 aromatic rings. The highest BCUT2D eigenvalue weighted by Crippen LogP contribution is 2.30. The summed E-state index contributed by atoms with van der Waals surface area (Å²) in [6.07, 6.45) is 7.77. The SMILES string of the molecule is CC(C)c1cc(N)nc(C2CCCCCC2)n1. The van der Waals surface area contributed by atoms with Gasteiger partial charge in [0.2, 0.25) is 0 Å². The van der Waals surface area contributed by atoms with E-state index in [-0.39, 0.29) is 0 Å². The first-order valence-corrected chi connectivity index (χ1v) is 6.81. The lowest BCUT2D eigenvalue weighted by Gasteiger charge is -2.15. The minimum absolute atomic E-state index is 0.421. The van der Waals surface area contributed by atoms with E-state index in [1.54, 1.807) is 0 Å². The van der Waals surface area contributed by atoms with Crippen molar-refractivity contribution in [2.45, 2.75) is 64.2 Å². The number of anilines is 1. The van der Waals surface area contributed by atoms with Crippen LogP contribution in [0.4, 0.5) is 5.82 Å². The third-order valence-electron chi connectivity index (χ3n) is 3.59. The van der Waals surface area contributed by atoms with Crippen LogP contribution in [-0.2, 0) is 0 Å². The van der Waals surface area contributed by atoms with E-state index in [1.165, 1.54) is 38.5 Å². The average Bonchev–Trinajstić information content (AvgIpc) is 2.56. The molecule has 1 aromatic heterocycles. The van der Waals surface area contributed by atoms with E-state index in [0.29, 0.717) is 17.7 Å². The zero-order valence-electron chi connectivity index (χ0n) is 10.9. The summed E-state index contributed by atoms with van der Waals surface area (Å²) in [5.74, 6) is 2.56. The van der Waals surface area contributed by atoms with Crippen LogP contribution in [-0.4, -0.2) is 9.97 Å². The van der Waals surface area contributed by atoms with E-state index in [0.717, 1.165) is 11.5 Å². The molecule has 3 nitrogen and oxygen atoms in total. The molecule has 0 unspecified atom stereocenters. The molecule has 0 radical (unpaired) electrons. The van der Waals surface area contributed by atoms with Crippen LogP contribution in [0, 0.1) is 0 Å². The first kappa shape index (κ1) is 12.3. The third-order valence-corrected chi connectivity index (χ3v) is 3.59. The molecule has 0 amide bonds. The summed E-state index contributed by atoms with van der Waals surface area (Å²) in [4.78, 5) is 9.16. The van der Waals surface area contributed by atoms with Crippen molar-refractivity contribution < 1.29 is 0 Å². The number of hydrogen-bond donors (Lipinski definition) is 1. The maximum Gasteiger partial charge on any atom is 0.134 e. The maximum atomic E-state index is 5.89. The third kappa shape index (κ3) is 3.18. The Kier molecular flexibility index (Phi) is 3.97. The summed E-state index contributed by atoms with van der Waals surface area (Å²) in [6.45, 7) is 4.30. The molecule has 2 rings (SSSR count). The van der Waals surface area contributed by atoms with Crippen molar-refractivity contribution in [2.75, 3.05) is 5.73 Å². The lowest BCUT2D eigenvalue weighted by molar-refractivity contribution is 0.556. The van der Waals surface area contributed by atoms with Gasteiger partial charge >= 0.3 is 0 Å². The molecule has 1 heterocycles. The van der Waals surface area contributed by atoms with Gasteiger partial charge in [0.25, 0.3) is 0 Å². The topological polar surface area (TPSA) is 51.8 Å². The molecule has 0 spiro atoms. The van der Waals surface area contributed by atoms with Crippen LogP contribution in [0.25, 0.3) is 0 Å². The number of rotatable bonds is 2. The van der Waals surface area contributed by atoms with Gasteiger partial charge in [-0.25, -0.2) is 9.97 Å². The Morgan fingerprint density at radius 3 is 2.35 bits per heavy atom. The zero-order valence-corrected chi connectivity index (χ0v) is 10.9. The fraction of sp³-hybridized carbons (Fsp3) is 0.714. The predicted octanol–water partition coefficient (Wildman–Crippen LogP) is 3.62. The Morgan fingerprint density at radius 1 is 1.12 bits per heavy atom. The fourth-order valence-corrected chi connectivity index (χ4v) is 2.52. The Balaban J connectivity index is 2.23. The van der Waals surface area contributed by atoms with Gasteiger partial charge in [0.15, 0.2) is 0 Å². The summed E-state index contributed by atoms with van der Waals surface area (Å²) < 4.78 is 0. The van der Waals surface area contributed by atoms with Gasteiger partial charge in [-0.15, -0.1) is 0 Å². The molecule has 1 fully saturated rings. The largest absolute Gasteiger partial charge is 0.384 e. The van der Waals surface area contributed by atoms with Gasteiger partial charge in [0, 0.05) is 17.7 Å². The quantitative estimate of drug-likeness (QED) is 0.794. The molecule has 0 aromatic carbocycles. The fourth-order valence-electron chi connectivity index (χ4n) is 2.52. The summed E-state index contributed by atoms with van der Waals surface area (Å²) in [5, 5.41) is 0. The van der Waals surface area contributed by atoms with Crippen molar-refractivity contribution in [2.24, 2.45) is 0 Å². The smallest absolute Gasteiger partial charge is 0.134 e. The van der Waals surface area contributed by atoms with Crippen molar-refractivity contribution in [1.29, 1.82) is 0 Å².